The Balaban J connectivity index is 1.94. The first kappa shape index (κ1) is 15.0. The van der Waals surface area contributed by atoms with Crippen molar-refractivity contribution >= 4 is 16.9 Å². The van der Waals surface area contributed by atoms with E-state index in [1.807, 2.05) is 23.1 Å². The number of likely N-dealkylation sites (tertiary alicyclic amines) is 1. The van der Waals surface area contributed by atoms with Gasteiger partial charge in [0.05, 0.1) is 17.6 Å². The average Bonchev–Trinajstić information content (AvgIpc) is 2.92. The fraction of sp³-hybridized carbons (Fsp3) is 0.529. The fourth-order valence-electron chi connectivity index (χ4n) is 3.22. The van der Waals surface area contributed by atoms with Crippen LogP contribution in [0.1, 0.15) is 48.8 Å². The summed E-state index contributed by atoms with van der Waals surface area (Å²) in [6, 6.07) is 5.85. The lowest BCUT2D eigenvalue weighted by molar-refractivity contribution is 0.0724. The second-order valence-electron chi connectivity index (χ2n) is 5.94. The highest BCUT2D eigenvalue weighted by molar-refractivity contribution is 5.97. The van der Waals surface area contributed by atoms with Crippen LogP contribution >= 0.6 is 0 Å². The third-order valence-electron chi connectivity index (χ3n) is 4.35. The minimum Gasteiger partial charge on any atom is -0.339 e. The molecule has 5 heteroatoms. The third kappa shape index (κ3) is 2.73. The number of aryl methyl sites for hydroxylation is 1. The van der Waals surface area contributed by atoms with Gasteiger partial charge in [0.2, 0.25) is 0 Å². The number of amides is 1. The molecule has 0 atom stereocenters. The Labute approximate surface area is 131 Å². The van der Waals surface area contributed by atoms with Gasteiger partial charge in [-0.2, -0.15) is 0 Å². The van der Waals surface area contributed by atoms with Crippen LogP contribution in [0.25, 0.3) is 11.0 Å². The monoisotopic (exact) mass is 300 g/mol. The number of benzene rings is 1. The summed E-state index contributed by atoms with van der Waals surface area (Å²) in [5.74, 6) is 1.01. The van der Waals surface area contributed by atoms with Crippen molar-refractivity contribution in [1.82, 2.24) is 14.5 Å². The van der Waals surface area contributed by atoms with Gasteiger partial charge in [-0.05, 0) is 43.9 Å². The normalized spacial score (nSPS) is 15.5. The highest BCUT2D eigenvalue weighted by Gasteiger charge is 2.19. The molecule has 1 aliphatic rings. The van der Waals surface area contributed by atoms with Crippen LogP contribution in [-0.4, -0.2) is 33.4 Å². The van der Waals surface area contributed by atoms with Crippen LogP contribution in [0, 0.1) is 0 Å². The van der Waals surface area contributed by atoms with Gasteiger partial charge in [-0.1, -0.05) is 6.92 Å². The summed E-state index contributed by atoms with van der Waals surface area (Å²) in [5, 5.41) is 0. The lowest BCUT2D eigenvalue weighted by Gasteiger charge is -2.26. The van der Waals surface area contributed by atoms with E-state index in [1.165, 1.54) is 6.42 Å². The van der Waals surface area contributed by atoms with E-state index in [1.54, 1.807) is 0 Å². The summed E-state index contributed by atoms with van der Waals surface area (Å²) in [7, 11) is 0. The Morgan fingerprint density at radius 2 is 2.05 bits per heavy atom. The minimum atomic E-state index is 0.126. The van der Waals surface area contributed by atoms with Crippen LogP contribution in [0.2, 0.25) is 0 Å². The van der Waals surface area contributed by atoms with E-state index in [4.69, 9.17) is 5.73 Å². The van der Waals surface area contributed by atoms with Gasteiger partial charge in [0.25, 0.3) is 5.91 Å². The molecule has 1 aromatic carbocycles. The first-order chi connectivity index (χ1) is 10.7. The quantitative estimate of drug-likeness (QED) is 0.943. The van der Waals surface area contributed by atoms with Crippen molar-refractivity contribution in [2.75, 3.05) is 13.1 Å². The maximum atomic E-state index is 12.6. The number of carbonyl (C=O) groups is 1. The predicted octanol–water partition coefficient (Wildman–Crippen LogP) is 2.53. The minimum absolute atomic E-state index is 0.126. The zero-order valence-electron chi connectivity index (χ0n) is 13.2. The van der Waals surface area contributed by atoms with Crippen LogP contribution in [0.4, 0.5) is 0 Å². The number of fused-ring (bicyclic) bond motifs is 1. The molecule has 3 rings (SSSR count). The molecule has 1 amide bonds. The first-order valence-electron chi connectivity index (χ1n) is 8.23. The fourth-order valence-corrected chi connectivity index (χ4v) is 3.22. The molecule has 2 aromatic rings. The number of aromatic nitrogens is 2. The Hall–Kier alpha value is -1.88. The molecule has 1 fully saturated rings. The first-order valence-corrected chi connectivity index (χ1v) is 8.23. The molecule has 5 nitrogen and oxygen atoms in total. The Bertz CT molecular complexity index is 671. The number of carbonyl (C=O) groups excluding carboxylic acids is 1. The SMILES string of the molecule is CCCn1c(CN)nc2cc(C(=O)N3CCCCC3)ccc21. The average molecular weight is 300 g/mol. The van der Waals surface area contributed by atoms with Gasteiger partial charge in [-0.3, -0.25) is 4.79 Å². The molecule has 0 radical (unpaired) electrons. The molecule has 1 aromatic heterocycles. The van der Waals surface area contributed by atoms with Crippen molar-refractivity contribution in [3.05, 3.63) is 29.6 Å². The predicted molar refractivity (Wildman–Crippen MR) is 87.7 cm³/mol. The third-order valence-corrected chi connectivity index (χ3v) is 4.35. The molecular formula is C17H24N4O. The highest BCUT2D eigenvalue weighted by Crippen LogP contribution is 2.20. The van der Waals surface area contributed by atoms with Crippen molar-refractivity contribution in [3.63, 3.8) is 0 Å². The van der Waals surface area contributed by atoms with Crippen LogP contribution in [-0.2, 0) is 13.1 Å². The molecule has 1 saturated heterocycles. The van der Waals surface area contributed by atoms with Gasteiger partial charge < -0.3 is 15.2 Å². The van der Waals surface area contributed by atoms with E-state index in [0.717, 1.165) is 61.3 Å². The Morgan fingerprint density at radius 3 is 2.73 bits per heavy atom. The summed E-state index contributed by atoms with van der Waals surface area (Å²) in [6.07, 6.45) is 4.48. The highest BCUT2D eigenvalue weighted by atomic mass is 16.2. The lowest BCUT2D eigenvalue weighted by Crippen LogP contribution is -2.35. The molecule has 0 spiro atoms. The van der Waals surface area contributed by atoms with Crippen LogP contribution in [0.5, 0.6) is 0 Å². The van der Waals surface area contributed by atoms with Gasteiger partial charge >= 0.3 is 0 Å². The van der Waals surface area contributed by atoms with Crippen molar-refractivity contribution in [2.45, 2.75) is 45.7 Å². The summed E-state index contributed by atoms with van der Waals surface area (Å²) < 4.78 is 2.16. The van der Waals surface area contributed by atoms with Crippen molar-refractivity contribution in [1.29, 1.82) is 0 Å². The zero-order valence-corrected chi connectivity index (χ0v) is 13.2. The molecule has 0 saturated carbocycles. The van der Waals surface area contributed by atoms with E-state index in [9.17, 15) is 4.79 Å². The molecule has 1 aliphatic heterocycles. The molecule has 0 unspecified atom stereocenters. The van der Waals surface area contributed by atoms with Crippen LogP contribution in [0.15, 0.2) is 18.2 Å². The zero-order chi connectivity index (χ0) is 15.5. The maximum absolute atomic E-state index is 12.6. The summed E-state index contributed by atoms with van der Waals surface area (Å²) in [4.78, 5) is 19.2. The Morgan fingerprint density at radius 1 is 1.27 bits per heavy atom. The van der Waals surface area contributed by atoms with E-state index in [-0.39, 0.29) is 5.91 Å². The van der Waals surface area contributed by atoms with Crippen molar-refractivity contribution in [3.8, 4) is 0 Å². The summed E-state index contributed by atoms with van der Waals surface area (Å²) >= 11 is 0. The van der Waals surface area contributed by atoms with Crippen molar-refractivity contribution in [2.24, 2.45) is 5.73 Å². The molecule has 2 heterocycles. The molecule has 22 heavy (non-hydrogen) atoms. The van der Waals surface area contributed by atoms with Gasteiger partial charge in [-0.15, -0.1) is 0 Å². The number of hydrogen-bond acceptors (Lipinski definition) is 3. The lowest BCUT2D eigenvalue weighted by atomic mass is 10.1. The smallest absolute Gasteiger partial charge is 0.253 e. The topological polar surface area (TPSA) is 64.2 Å². The summed E-state index contributed by atoms with van der Waals surface area (Å²) in [5.41, 5.74) is 8.48. The van der Waals surface area contributed by atoms with Crippen LogP contribution < -0.4 is 5.73 Å². The van der Waals surface area contributed by atoms with E-state index >= 15 is 0 Å². The summed E-state index contributed by atoms with van der Waals surface area (Å²) in [6.45, 7) is 5.21. The molecular weight excluding hydrogens is 276 g/mol. The molecule has 2 N–H and O–H groups in total. The number of imidazole rings is 1. The largest absolute Gasteiger partial charge is 0.339 e. The van der Waals surface area contributed by atoms with Gasteiger partial charge in [0.15, 0.2) is 0 Å². The molecule has 0 aliphatic carbocycles. The number of rotatable bonds is 4. The van der Waals surface area contributed by atoms with Crippen molar-refractivity contribution < 1.29 is 4.79 Å². The molecule has 0 bridgehead atoms. The molecule has 118 valence electrons. The van der Waals surface area contributed by atoms with Gasteiger partial charge in [0.1, 0.15) is 5.82 Å². The number of piperidine rings is 1. The Kier molecular flexibility index (Phi) is 4.43. The van der Waals surface area contributed by atoms with E-state index < -0.39 is 0 Å². The number of nitrogens with zero attached hydrogens (tertiary/aromatic N) is 3. The second-order valence-corrected chi connectivity index (χ2v) is 5.94. The van der Waals surface area contributed by atoms with Gasteiger partial charge in [-0.25, -0.2) is 4.98 Å². The van der Waals surface area contributed by atoms with E-state index in [0.29, 0.717) is 6.54 Å². The number of nitrogens with two attached hydrogens (primary N) is 1. The van der Waals surface area contributed by atoms with Crippen LogP contribution in [0.3, 0.4) is 0 Å². The number of hydrogen-bond donors (Lipinski definition) is 1. The van der Waals surface area contributed by atoms with E-state index in [2.05, 4.69) is 16.5 Å². The maximum Gasteiger partial charge on any atom is 0.253 e. The second kappa shape index (κ2) is 6.48. The van der Waals surface area contributed by atoms with Gasteiger partial charge in [0, 0.05) is 25.2 Å². The standard InChI is InChI=1S/C17H24N4O/c1-2-8-21-15-7-6-13(11-14(15)19-16(21)12-18)17(22)20-9-4-3-5-10-20/h6-7,11H,2-5,8-10,12,18H2,1H3.